The molecule has 1 fully saturated rings. The Morgan fingerprint density at radius 2 is 1.77 bits per heavy atom. The van der Waals surface area contributed by atoms with Gasteiger partial charge in [0, 0.05) is 37.6 Å². The van der Waals surface area contributed by atoms with Crippen LogP contribution in [0.15, 0.2) is 46.1 Å². The highest BCUT2D eigenvalue weighted by Gasteiger charge is 2.40. The summed E-state index contributed by atoms with van der Waals surface area (Å²) < 4.78 is 17.7. The van der Waals surface area contributed by atoms with Gasteiger partial charge in [-0.1, -0.05) is 18.2 Å². The van der Waals surface area contributed by atoms with Gasteiger partial charge >= 0.3 is 17.6 Å². The van der Waals surface area contributed by atoms with E-state index in [1.165, 1.54) is 39.1 Å². The first-order valence-corrected chi connectivity index (χ1v) is 9.59. The van der Waals surface area contributed by atoms with Crippen molar-refractivity contribution in [2.24, 2.45) is 0 Å². The van der Waals surface area contributed by atoms with Gasteiger partial charge in [-0.15, -0.1) is 0 Å². The Balaban J connectivity index is 1.99. The molecule has 1 aliphatic heterocycles. The van der Waals surface area contributed by atoms with E-state index in [9.17, 15) is 24.0 Å². The van der Waals surface area contributed by atoms with Crippen molar-refractivity contribution in [2.75, 3.05) is 6.61 Å². The SMILES string of the molecule is CC(=O)OCC1OC(n2cc(C)c(=O)n(C(=O)c3ccccc3)c2=O)CC1OC(C)=O. The van der Waals surface area contributed by atoms with Gasteiger partial charge in [0.15, 0.2) is 0 Å². The van der Waals surface area contributed by atoms with Crippen LogP contribution in [-0.2, 0) is 23.8 Å². The maximum absolute atomic E-state index is 13.1. The van der Waals surface area contributed by atoms with E-state index >= 15 is 0 Å². The Morgan fingerprint density at radius 1 is 1.10 bits per heavy atom. The number of carbonyl (C=O) groups excluding carboxylic acids is 3. The molecule has 0 radical (unpaired) electrons. The van der Waals surface area contributed by atoms with Crippen molar-refractivity contribution in [2.45, 2.75) is 45.6 Å². The van der Waals surface area contributed by atoms with Crippen molar-refractivity contribution in [3.63, 3.8) is 0 Å². The third-order valence-corrected chi connectivity index (χ3v) is 4.77. The minimum atomic E-state index is -0.938. The van der Waals surface area contributed by atoms with Gasteiger partial charge in [-0.3, -0.25) is 23.7 Å². The number of esters is 2. The number of aryl methyl sites for hydroxylation is 1. The van der Waals surface area contributed by atoms with Gasteiger partial charge in [0.05, 0.1) is 0 Å². The molecule has 0 aliphatic carbocycles. The van der Waals surface area contributed by atoms with Crippen LogP contribution in [-0.4, -0.2) is 45.8 Å². The minimum absolute atomic E-state index is 0.0720. The van der Waals surface area contributed by atoms with Crippen LogP contribution in [0, 0.1) is 6.92 Å². The van der Waals surface area contributed by atoms with Crippen LogP contribution < -0.4 is 11.2 Å². The lowest BCUT2D eigenvalue weighted by Crippen LogP contribution is -2.45. The quantitative estimate of drug-likeness (QED) is 0.638. The summed E-state index contributed by atoms with van der Waals surface area (Å²) >= 11 is 0. The van der Waals surface area contributed by atoms with Crippen molar-refractivity contribution >= 4 is 17.8 Å². The maximum Gasteiger partial charge on any atom is 0.340 e. The maximum atomic E-state index is 13.1. The van der Waals surface area contributed by atoms with E-state index < -0.39 is 47.5 Å². The Morgan fingerprint density at radius 3 is 2.39 bits per heavy atom. The number of hydrogen-bond acceptors (Lipinski definition) is 8. The molecule has 2 heterocycles. The molecule has 0 amide bonds. The van der Waals surface area contributed by atoms with Crippen LogP contribution in [0.5, 0.6) is 0 Å². The van der Waals surface area contributed by atoms with Crippen molar-refractivity contribution in [1.82, 2.24) is 9.13 Å². The van der Waals surface area contributed by atoms with Crippen LogP contribution in [0.2, 0.25) is 0 Å². The fourth-order valence-corrected chi connectivity index (χ4v) is 3.35. The van der Waals surface area contributed by atoms with Gasteiger partial charge in [0.25, 0.3) is 11.5 Å². The minimum Gasteiger partial charge on any atom is -0.463 e. The predicted octanol–water partition coefficient (Wildman–Crippen LogP) is 0.789. The Bertz CT molecular complexity index is 1120. The monoisotopic (exact) mass is 430 g/mol. The zero-order chi connectivity index (χ0) is 22.7. The molecular weight excluding hydrogens is 408 g/mol. The van der Waals surface area contributed by atoms with Gasteiger partial charge in [-0.25, -0.2) is 4.79 Å². The molecule has 1 aromatic carbocycles. The predicted molar refractivity (Wildman–Crippen MR) is 107 cm³/mol. The Kier molecular flexibility index (Phi) is 6.50. The summed E-state index contributed by atoms with van der Waals surface area (Å²) in [4.78, 5) is 61.1. The topological polar surface area (TPSA) is 123 Å². The average molecular weight is 430 g/mol. The first kappa shape index (κ1) is 22.2. The number of aromatic nitrogens is 2. The second-order valence-electron chi connectivity index (χ2n) is 7.13. The molecule has 3 atom stereocenters. The zero-order valence-electron chi connectivity index (χ0n) is 17.3. The average Bonchev–Trinajstić information content (AvgIpc) is 3.11. The second kappa shape index (κ2) is 9.09. The molecule has 1 aliphatic rings. The van der Waals surface area contributed by atoms with Crippen LogP contribution in [0.25, 0.3) is 0 Å². The number of benzene rings is 1. The summed E-state index contributed by atoms with van der Waals surface area (Å²) in [5.74, 6) is -1.86. The number of carbonyl (C=O) groups is 3. The summed E-state index contributed by atoms with van der Waals surface area (Å²) in [5, 5.41) is 0. The van der Waals surface area contributed by atoms with Crippen LogP contribution in [0.4, 0.5) is 0 Å². The Hall–Kier alpha value is -3.53. The number of nitrogens with zero attached hydrogens (tertiary/aromatic N) is 2. The molecular formula is C21H22N2O8. The fourth-order valence-electron chi connectivity index (χ4n) is 3.35. The fraction of sp³-hybridized carbons (Fsp3) is 0.381. The van der Waals surface area contributed by atoms with Crippen molar-refractivity contribution < 1.29 is 28.6 Å². The van der Waals surface area contributed by atoms with Gasteiger partial charge in [0.2, 0.25) is 0 Å². The van der Waals surface area contributed by atoms with Crippen molar-refractivity contribution in [1.29, 1.82) is 0 Å². The molecule has 164 valence electrons. The van der Waals surface area contributed by atoms with E-state index in [-0.39, 0.29) is 24.2 Å². The summed E-state index contributed by atoms with van der Waals surface area (Å²) in [6.45, 7) is 3.75. The first-order valence-electron chi connectivity index (χ1n) is 9.59. The van der Waals surface area contributed by atoms with Gasteiger partial charge in [-0.2, -0.15) is 4.57 Å². The van der Waals surface area contributed by atoms with E-state index in [0.29, 0.717) is 4.57 Å². The molecule has 3 rings (SSSR count). The smallest absolute Gasteiger partial charge is 0.340 e. The Labute approximate surface area is 177 Å². The van der Waals surface area contributed by atoms with Crippen LogP contribution in [0.1, 0.15) is 42.4 Å². The molecule has 0 spiro atoms. The van der Waals surface area contributed by atoms with E-state index in [2.05, 4.69) is 0 Å². The standard InChI is InChI=1S/C21H22N2O8/c1-12-10-22(18-9-16(30-14(3)25)17(31-18)11-29-13(2)24)21(28)23(19(12)26)20(27)15-7-5-4-6-8-15/h4-8,10,16-18H,9,11H2,1-3H3. The highest BCUT2D eigenvalue weighted by atomic mass is 16.6. The molecule has 0 saturated carbocycles. The summed E-state index contributed by atoms with van der Waals surface area (Å²) in [6, 6.07) is 7.95. The molecule has 10 nitrogen and oxygen atoms in total. The zero-order valence-corrected chi connectivity index (χ0v) is 17.3. The van der Waals surface area contributed by atoms with Gasteiger partial charge in [-0.05, 0) is 19.1 Å². The summed E-state index contributed by atoms with van der Waals surface area (Å²) in [6.07, 6.45) is -1.16. The largest absolute Gasteiger partial charge is 0.463 e. The lowest BCUT2D eigenvalue weighted by Gasteiger charge is -2.18. The van der Waals surface area contributed by atoms with Crippen molar-refractivity contribution in [3.05, 3.63) is 68.5 Å². The molecule has 1 saturated heterocycles. The second-order valence-corrected chi connectivity index (χ2v) is 7.13. The van der Waals surface area contributed by atoms with Crippen molar-refractivity contribution in [3.8, 4) is 0 Å². The number of ether oxygens (including phenoxy) is 3. The molecule has 2 aromatic rings. The number of hydrogen-bond donors (Lipinski definition) is 0. The number of rotatable bonds is 5. The molecule has 31 heavy (non-hydrogen) atoms. The molecule has 0 bridgehead atoms. The highest BCUT2D eigenvalue weighted by Crippen LogP contribution is 2.30. The van der Waals surface area contributed by atoms with Crippen LogP contribution >= 0.6 is 0 Å². The van der Waals surface area contributed by atoms with E-state index in [4.69, 9.17) is 14.2 Å². The third kappa shape index (κ3) is 4.80. The van der Waals surface area contributed by atoms with E-state index in [0.717, 1.165) is 4.57 Å². The van der Waals surface area contributed by atoms with E-state index in [1.807, 2.05) is 0 Å². The highest BCUT2D eigenvalue weighted by molar-refractivity contribution is 5.95. The molecule has 10 heteroatoms. The molecule has 1 aromatic heterocycles. The van der Waals surface area contributed by atoms with E-state index in [1.54, 1.807) is 18.2 Å². The summed E-state index contributed by atoms with van der Waals surface area (Å²) in [7, 11) is 0. The third-order valence-electron chi connectivity index (χ3n) is 4.77. The first-order chi connectivity index (χ1) is 14.7. The van der Waals surface area contributed by atoms with Gasteiger partial charge in [0.1, 0.15) is 25.0 Å². The van der Waals surface area contributed by atoms with Crippen LogP contribution in [0.3, 0.4) is 0 Å². The lowest BCUT2D eigenvalue weighted by atomic mass is 10.2. The van der Waals surface area contributed by atoms with Gasteiger partial charge < -0.3 is 14.2 Å². The molecule has 0 N–H and O–H groups in total. The lowest BCUT2D eigenvalue weighted by molar-refractivity contribution is -0.155. The normalized spacial score (nSPS) is 20.3. The molecule has 3 unspecified atom stereocenters. The summed E-state index contributed by atoms with van der Waals surface area (Å²) in [5.41, 5.74) is -1.29.